The van der Waals surface area contributed by atoms with Crippen LogP contribution in [0.25, 0.3) is 0 Å². The van der Waals surface area contributed by atoms with Crippen LogP contribution in [0, 0.1) is 0 Å². The Labute approximate surface area is 182 Å². The summed E-state index contributed by atoms with van der Waals surface area (Å²) in [6.45, 7) is 10.1. The molecule has 7 nitrogen and oxygen atoms in total. The van der Waals surface area contributed by atoms with Crippen molar-refractivity contribution in [1.29, 1.82) is 0 Å². The number of benzene rings is 2. The molecule has 2 aliphatic rings. The average Bonchev–Trinajstić information content (AvgIpc) is 3.25. The van der Waals surface area contributed by atoms with E-state index in [0.717, 1.165) is 5.56 Å². The van der Waals surface area contributed by atoms with Crippen LogP contribution in [0.4, 0.5) is 5.69 Å². The highest BCUT2D eigenvalue weighted by Gasteiger charge is 2.41. The fourth-order valence-corrected chi connectivity index (χ4v) is 3.66. The summed E-state index contributed by atoms with van der Waals surface area (Å²) in [7, 11) is 0. The van der Waals surface area contributed by atoms with Gasteiger partial charge in [-0.2, -0.15) is 0 Å². The summed E-state index contributed by atoms with van der Waals surface area (Å²) in [5.41, 5.74) is 2.10. The molecule has 1 N–H and O–H groups in total. The number of amides is 2. The highest BCUT2D eigenvalue weighted by molar-refractivity contribution is 6.47. The minimum atomic E-state index is -0.818. The van der Waals surface area contributed by atoms with Crippen molar-refractivity contribution in [2.75, 3.05) is 18.7 Å². The molecule has 2 heterocycles. The summed E-state index contributed by atoms with van der Waals surface area (Å²) in [4.78, 5) is 31.9. The Balaban J connectivity index is 1.47. The first kappa shape index (κ1) is 20.9. The third kappa shape index (κ3) is 4.13. The van der Waals surface area contributed by atoms with Crippen molar-refractivity contribution in [2.45, 2.75) is 45.7 Å². The minimum absolute atomic E-state index is 0.0259. The lowest BCUT2D eigenvalue weighted by molar-refractivity contribution is -0.131. The fourth-order valence-electron chi connectivity index (χ4n) is 3.66. The van der Waals surface area contributed by atoms with Crippen LogP contribution in [-0.2, 0) is 15.0 Å². The van der Waals surface area contributed by atoms with Crippen LogP contribution in [0.3, 0.4) is 0 Å². The molecule has 0 aliphatic carbocycles. The van der Waals surface area contributed by atoms with E-state index in [1.165, 1.54) is 10.5 Å². The summed E-state index contributed by atoms with van der Waals surface area (Å²) in [5, 5.41) is 2.82. The normalized spacial score (nSPS) is 17.0. The van der Waals surface area contributed by atoms with Crippen LogP contribution in [0.2, 0.25) is 0 Å². The van der Waals surface area contributed by atoms with E-state index in [4.69, 9.17) is 9.47 Å². The second kappa shape index (κ2) is 7.41. The predicted octanol–water partition coefficient (Wildman–Crippen LogP) is 3.72. The van der Waals surface area contributed by atoms with E-state index in [2.05, 4.69) is 31.1 Å². The highest BCUT2D eigenvalue weighted by atomic mass is 16.7. The van der Waals surface area contributed by atoms with E-state index in [-0.39, 0.29) is 30.6 Å². The Morgan fingerprint density at radius 1 is 1.10 bits per heavy atom. The van der Waals surface area contributed by atoms with Gasteiger partial charge in [0, 0.05) is 17.3 Å². The largest absolute Gasteiger partial charge is 0.454 e. The average molecular weight is 421 g/mol. The van der Waals surface area contributed by atoms with Crippen LogP contribution in [-0.4, -0.2) is 41.4 Å². The number of anilines is 1. The molecular weight excluding hydrogens is 394 g/mol. The Morgan fingerprint density at radius 3 is 2.45 bits per heavy atom. The van der Waals surface area contributed by atoms with Gasteiger partial charge in [-0.15, -0.1) is 0 Å². The van der Waals surface area contributed by atoms with Crippen LogP contribution < -0.4 is 14.8 Å². The lowest BCUT2D eigenvalue weighted by Crippen LogP contribution is -2.46. The van der Waals surface area contributed by atoms with Crippen molar-refractivity contribution in [3.05, 3.63) is 53.6 Å². The van der Waals surface area contributed by atoms with Crippen LogP contribution in [0.1, 0.15) is 45.7 Å². The summed E-state index contributed by atoms with van der Waals surface area (Å²) >= 11 is 0. The number of carbonyl (C=O) groups is 2. The summed E-state index contributed by atoms with van der Waals surface area (Å²) in [6.07, 6.45) is 0. The van der Waals surface area contributed by atoms with Crippen LogP contribution in [0.5, 0.6) is 11.5 Å². The molecule has 162 valence electrons. The summed E-state index contributed by atoms with van der Waals surface area (Å²) in [6, 6.07) is 13.1. The van der Waals surface area contributed by atoms with Gasteiger partial charge in [0.05, 0.1) is 0 Å². The number of rotatable bonds is 4. The monoisotopic (exact) mass is 421 g/mol. The SMILES string of the molecule is CC(C)(C)c1ccc(C2=NC(C)(C)N(CC(=O)Nc3ccc4c(c3)OCO4)C2=O)cc1. The van der Waals surface area contributed by atoms with Crippen molar-refractivity contribution in [1.82, 2.24) is 4.90 Å². The third-order valence-electron chi connectivity index (χ3n) is 5.48. The van der Waals surface area contributed by atoms with Crippen molar-refractivity contribution in [3.63, 3.8) is 0 Å². The molecule has 2 aromatic rings. The summed E-state index contributed by atoms with van der Waals surface area (Å²) < 4.78 is 10.6. The van der Waals surface area contributed by atoms with E-state index < -0.39 is 5.66 Å². The fraction of sp³-hybridized carbons (Fsp3) is 0.375. The number of aliphatic imine (C=N–C) groups is 1. The molecule has 7 heteroatoms. The molecule has 0 fully saturated rings. The van der Waals surface area contributed by atoms with Crippen molar-refractivity contribution < 1.29 is 19.1 Å². The zero-order valence-corrected chi connectivity index (χ0v) is 18.5. The maximum absolute atomic E-state index is 13.1. The van der Waals surface area contributed by atoms with Gasteiger partial charge in [0.2, 0.25) is 12.7 Å². The van der Waals surface area contributed by atoms with Gasteiger partial charge in [-0.3, -0.25) is 14.6 Å². The molecule has 2 aromatic carbocycles. The number of fused-ring (bicyclic) bond motifs is 1. The molecule has 0 saturated heterocycles. The molecule has 0 spiro atoms. The van der Waals surface area contributed by atoms with Crippen LogP contribution in [0.15, 0.2) is 47.5 Å². The topological polar surface area (TPSA) is 80.2 Å². The van der Waals surface area contributed by atoms with Gasteiger partial charge in [-0.05, 0) is 37.0 Å². The minimum Gasteiger partial charge on any atom is -0.454 e. The molecule has 2 amide bonds. The molecule has 0 aromatic heterocycles. The zero-order chi connectivity index (χ0) is 22.4. The predicted molar refractivity (Wildman–Crippen MR) is 119 cm³/mol. The Kier molecular flexibility index (Phi) is 5.00. The number of ether oxygens (including phenoxy) is 2. The lowest BCUT2D eigenvalue weighted by atomic mass is 9.86. The first-order valence-corrected chi connectivity index (χ1v) is 10.3. The van der Waals surface area contributed by atoms with E-state index >= 15 is 0 Å². The molecule has 0 atom stereocenters. The maximum Gasteiger partial charge on any atom is 0.275 e. The number of nitrogens with one attached hydrogen (secondary N) is 1. The number of carbonyl (C=O) groups excluding carboxylic acids is 2. The van der Waals surface area contributed by atoms with Gasteiger partial charge in [-0.1, -0.05) is 45.0 Å². The maximum atomic E-state index is 13.1. The zero-order valence-electron chi connectivity index (χ0n) is 18.5. The Morgan fingerprint density at radius 2 is 1.77 bits per heavy atom. The highest BCUT2D eigenvalue weighted by Crippen LogP contribution is 2.34. The van der Waals surface area contributed by atoms with Crippen LogP contribution >= 0.6 is 0 Å². The summed E-state index contributed by atoms with van der Waals surface area (Å²) in [5.74, 6) is 0.665. The number of hydrogen-bond acceptors (Lipinski definition) is 5. The van der Waals surface area contributed by atoms with Gasteiger partial charge in [0.1, 0.15) is 17.9 Å². The molecular formula is C24H27N3O4. The smallest absolute Gasteiger partial charge is 0.275 e. The molecule has 31 heavy (non-hydrogen) atoms. The Bertz CT molecular complexity index is 1070. The molecule has 0 radical (unpaired) electrons. The van der Waals surface area contributed by atoms with E-state index in [9.17, 15) is 9.59 Å². The second-order valence-corrected chi connectivity index (χ2v) is 9.29. The molecule has 0 bridgehead atoms. The number of hydrogen-bond donors (Lipinski definition) is 1. The molecule has 0 unspecified atom stereocenters. The van der Waals surface area contributed by atoms with E-state index in [1.54, 1.807) is 18.2 Å². The standard InChI is InChI=1S/C24H27N3O4/c1-23(2,3)16-8-6-15(7-9-16)21-22(29)27(24(4,5)26-21)13-20(28)25-17-10-11-18-19(12-17)31-14-30-18/h6-12H,13-14H2,1-5H3,(H,25,28). The Hall–Kier alpha value is -3.35. The van der Waals surface area contributed by atoms with Crippen molar-refractivity contribution in [3.8, 4) is 11.5 Å². The number of nitrogens with zero attached hydrogens (tertiary/aromatic N) is 2. The van der Waals surface area contributed by atoms with Gasteiger partial charge in [0.15, 0.2) is 11.5 Å². The first-order valence-electron chi connectivity index (χ1n) is 10.3. The van der Waals surface area contributed by atoms with E-state index in [1.807, 2.05) is 38.1 Å². The van der Waals surface area contributed by atoms with E-state index in [0.29, 0.717) is 22.9 Å². The molecule has 0 saturated carbocycles. The molecule has 4 rings (SSSR count). The van der Waals surface area contributed by atoms with Crippen molar-refractivity contribution >= 4 is 23.2 Å². The quantitative estimate of drug-likeness (QED) is 0.816. The molecule has 2 aliphatic heterocycles. The third-order valence-corrected chi connectivity index (χ3v) is 5.48. The second-order valence-electron chi connectivity index (χ2n) is 9.29. The van der Waals surface area contributed by atoms with Gasteiger partial charge >= 0.3 is 0 Å². The van der Waals surface area contributed by atoms with Crippen molar-refractivity contribution in [2.24, 2.45) is 4.99 Å². The lowest BCUT2D eigenvalue weighted by Gasteiger charge is -2.28. The van der Waals surface area contributed by atoms with Gasteiger partial charge < -0.3 is 19.7 Å². The first-order chi connectivity index (χ1) is 14.5. The van der Waals surface area contributed by atoms with Gasteiger partial charge in [0.25, 0.3) is 5.91 Å². The van der Waals surface area contributed by atoms with Gasteiger partial charge in [-0.25, -0.2) is 0 Å².